The van der Waals surface area contributed by atoms with Crippen LogP contribution in [0.4, 0.5) is 17.1 Å². The highest BCUT2D eigenvalue weighted by Crippen LogP contribution is 2.70. The van der Waals surface area contributed by atoms with Crippen molar-refractivity contribution in [1.29, 1.82) is 0 Å². The van der Waals surface area contributed by atoms with Gasteiger partial charge >= 0.3 is 0 Å². The second-order valence-electron chi connectivity index (χ2n) is 9.47. The van der Waals surface area contributed by atoms with Gasteiger partial charge in [-0.05, 0) is 36.5 Å². The number of aromatic nitrogens is 2. The van der Waals surface area contributed by atoms with E-state index < -0.39 is 26.1 Å². The average molecular weight is 447 g/mol. The maximum Gasteiger partial charge on any atom is 0.271 e. The summed E-state index contributed by atoms with van der Waals surface area (Å²) in [6, 6.07) is 10.1. The number of hydrogen-bond acceptors (Lipinski definition) is 7. The highest BCUT2D eigenvalue weighted by atomic mass is 16.6. The molecule has 10 nitrogen and oxygen atoms in total. The summed E-state index contributed by atoms with van der Waals surface area (Å²) >= 11 is 0. The summed E-state index contributed by atoms with van der Waals surface area (Å²) < 4.78 is 0. The SMILES string of the molecule is CC12CCC(C(=O)Nc3ccc([N+](=O)[O-])cc3)(c3nc4cc([N+](=O)[O-])ccc4nc31)C2(C)C. The van der Waals surface area contributed by atoms with Crippen LogP contribution in [-0.4, -0.2) is 25.7 Å². The molecule has 0 aliphatic heterocycles. The van der Waals surface area contributed by atoms with Gasteiger partial charge in [0.15, 0.2) is 0 Å². The molecule has 2 bridgehead atoms. The minimum atomic E-state index is -0.995. The van der Waals surface area contributed by atoms with E-state index in [0.717, 1.165) is 12.1 Å². The third-order valence-corrected chi connectivity index (χ3v) is 7.96. The van der Waals surface area contributed by atoms with E-state index in [2.05, 4.69) is 12.2 Å². The third kappa shape index (κ3) is 2.57. The normalized spacial score (nSPS) is 24.5. The van der Waals surface area contributed by atoms with Gasteiger partial charge in [-0.2, -0.15) is 0 Å². The van der Waals surface area contributed by atoms with Gasteiger partial charge < -0.3 is 5.32 Å². The lowest BCUT2D eigenvalue weighted by atomic mass is 9.63. The summed E-state index contributed by atoms with van der Waals surface area (Å²) in [4.78, 5) is 44.6. The van der Waals surface area contributed by atoms with Crippen molar-refractivity contribution in [3.63, 3.8) is 0 Å². The molecule has 2 unspecified atom stereocenters. The molecular weight excluding hydrogens is 426 g/mol. The van der Waals surface area contributed by atoms with Crippen molar-refractivity contribution in [2.24, 2.45) is 5.41 Å². The van der Waals surface area contributed by atoms with Gasteiger partial charge in [-0.15, -0.1) is 0 Å². The van der Waals surface area contributed by atoms with Crippen molar-refractivity contribution < 1.29 is 14.6 Å². The quantitative estimate of drug-likeness (QED) is 0.461. The van der Waals surface area contributed by atoms with Crippen LogP contribution >= 0.6 is 0 Å². The van der Waals surface area contributed by atoms with Gasteiger partial charge in [0.1, 0.15) is 0 Å². The molecule has 2 aliphatic carbocycles. The molecule has 1 heterocycles. The van der Waals surface area contributed by atoms with Gasteiger partial charge in [0.05, 0.1) is 37.7 Å². The summed E-state index contributed by atoms with van der Waals surface area (Å²) in [5.41, 5.74) is 0.584. The Morgan fingerprint density at radius 3 is 2.12 bits per heavy atom. The van der Waals surface area contributed by atoms with Crippen LogP contribution in [-0.2, 0) is 15.6 Å². The first-order chi connectivity index (χ1) is 15.5. The van der Waals surface area contributed by atoms with Crippen LogP contribution in [0.15, 0.2) is 42.5 Å². The van der Waals surface area contributed by atoms with E-state index in [9.17, 15) is 25.0 Å². The Morgan fingerprint density at radius 1 is 0.879 bits per heavy atom. The second-order valence-corrected chi connectivity index (χ2v) is 9.47. The minimum absolute atomic E-state index is 0.0647. The number of hydrogen-bond donors (Lipinski definition) is 1. The molecule has 10 heteroatoms. The van der Waals surface area contributed by atoms with Crippen LogP contribution in [0, 0.1) is 25.6 Å². The minimum Gasteiger partial charge on any atom is -0.325 e. The van der Waals surface area contributed by atoms with Gasteiger partial charge in [-0.3, -0.25) is 25.0 Å². The van der Waals surface area contributed by atoms with Crippen molar-refractivity contribution in [1.82, 2.24) is 9.97 Å². The van der Waals surface area contributed by atoms with E-state index in [1.165, 1.54) is 36.4 Å². The number of nitro groups is 2. The molecule has 168 valence electrons. The van der Waals surface area contributed by atoms with Gasteiger partial charge in [-0.1, -0.05) is 20.8 Å². The molecule has 2 atom stereocenters. The number of nitrogens with zero attached hydrogens (tertiary/aromatic N) is 4. The van der Waals surface area contributed by atoms with E-state index in [1.807, 2.05) is 13.8 Å². The molecule has 1 amide bonds. The molecule has 1 fully saturated rings. The topological polar surface area (TPSA) is 141 Å². The van der Waals surface area contributed by atoms with Crippen LogP contribution < -0.4 is 5.32 Å². The molecule has 2 aliphatic rings. The van der Waals surface area contributed by atoms with Crippen LogP contribution in [0.2, 0.25) is 0 Å². The maximum atomic E-state index is 13.8. The molecule has 5 rings (SSSR count). The standard InChI is InChI=1S/C23H21N5O5/c1-21(2)22(3)10-11-23(21,20(29)24-13-4-6-14(7-5-13)27(30)31)19-18(22)25-16-9-8-15(28(32)33)12-17(16)26-19/h4-9,12H,10-11H2,1-3H3,(H,24,29). The molecule has 0 spiro atoms. The molecule has 0 saturated heterocycles. The third-order valence-electron chi connectivity index (χ3n) is 7.96. The van der Waals surface area contributed by atoms with Gasteiger partial charge in [-0.25, -0.2) is 9.97 Å². The summed E-state index contributed by atoms with van der Waals surface area (Å²) in [5, 5.41) is 25.1. The van der Waals surface area contributed by atoms with Crippen LogP contribution in [0.25, 0.3) is 11.0 Å². The molecule has 2 aromatic carbocycles. The number of nitrogens with one attached hydrogen (secondary N) is 1. The van der Waals surface area contributed by atoms with Crippen LogP contribution in [0.5, 0.6) is 0 Å². The summed E-state index contributed by atoms with van der Waals surface area (Å²) in [6.07, 6.45) is 1.30. The molecule has 0 radical (unpaired) electrons. The van der Waals surface area contributed by atoms with Crippen molar-refractivity contribution in [3.05, 3.63) is 74.1 Å². The Hall–Kier alpha value is -3.95. The van der Waals surface area contributed by atoms with Gasteiger partial charge in [0.2, 0.25) is 5.91 Å². The lowest BCUT2D eigenvalue weighted by Crippen LogP contribution is -2.48. The van der Waals surface area contributed by atoms with E-state index in [-0.39, 0.29) is 17.3 Å². The van der Waals surface area contributed by atoms with E-state index in [4.69, 9.17) is 9.97 Å². The molecule has 3 aromatic rings. The summed E-state index contributed by atoms with van der Waals surface area (Å²) in [5.74, 6) is -0.261. The first-order valence-electron chi connectivity index (χ1n) is 10.5. The van der Waals surface area contributed by atoms with Gasteiger partial charge in [0, 0.05) is 35.4 Å². The monoisotopic (exact) mass is 447 g/mol. The Bertz CT molecular complexity index is 1370. The zero-order valence-electron chi connectivity index (χ0n) is 18.3. The number of amides is 1. The predicted molar refractivity (Wildman–Crippen MR) is 120 cm³/mol. The Balaban J connectivity index is 1.64. The second kappa shape index (κ2) is 6.53. The Kier molecular flexibility index (Phi) is 4.14. The van der Waals surface area contributed by atoms with E-state index in [1.54, 1.807) is 6.07 Å². The zero-order chi connectivity index (χ0) is 23.8. The first-order valence-corrected chi connectivity index (χ1v) is 10.5. The highest BCUT2D eigenvalue weighted by molar-refractivity contribution is 6.02. The van der Waals surface area contributed by atoms with Crippen molar-refractivity contribution in [3.8, 4) is 0 Å². The van der Waals surface area contributed by atoms with Crippen LogP contribution in [0.3, 0.4) is 0 Å². The Labute approximate surface area is 188 Å². The number of carbonyl (C=O) groups excluding carboxylic acids is 1. The van der Waals surface area contributed by atoms with Gasteiger partial charge in [0.25, 0.3) is 11.4 Å². The van der Waals surface area contributed by atoms with Crippen LogP contribution in [0.1, 0.15) is 45.0 Å². The molecule has 1 N–H and O–H groups in total. The zero-order valence-corrected chi connectivity index (χ0v) is 18.3. The number of rotatable bonds is 4. The number of non-ortho nitro benzene ring substituents is 2. The fraction of sp³-hybridized carbons (Fsp3) is 0.348. The van der Waals surface area contributed by atoms with Crippen molar-refractivity contribution in [2.75, 3.05) is 5.32 Å². The summed E-state index contributed by atoms with van der Waals surface area (Å²) in [6.45, 7) is 6.16. The first kappa shape index (κ1) is 20.9. The Morgan fingerprint density at radius 2 is 1.48 bits per heavy atom. The average Bonchev–Trinajstić information content (AvgIpc) is 3.07. The number of benzene rings is 2. The number of anilines is 1. The molecule has 1 saturated carbocycles. The van der Waals surface area contributed by atoms with E-state index >= 15 is 0 Å². The summed E-state index contributed by atoms with van der Waals surface area (Å²) in [7, 11) is 0. The van der Waals surface area contributed by atoms with Crippen molar-refractivity contribution in [2.45, 2.75) is 44.4 Å². The highest BCUT2D eigenvalue weighted by Gasteiger charge is 2.73. The van der Waals surface area contributed by atoms with E-state index in [0.29, 0.717) is 28.8 Å². The lowest BCUT2D eigenvalue weighted by Gasteiger charge is -2.39. The number of fused-ring (bicyclic) bond motifs is 6. The molecular formula is C23H21N5O5. The fourth-order valence-corrected chi connectivity index (χ4v) is 5.61. The number of carbonyl (C=O) groups is 1. The molecule has 33 heavy (non-hydrogen) atoms. The van der Waals surface area contributed by atoms with Crippen molar-refractivity contribution >= 4 is 34.0 Å². The lowest BCUT2D eigenvalue weighted by molar-refractivity contribution is -0.385. The largest absolute Gasteiger partial charge is 0.325 e. The smallest absolute Gasteiger partial charge is 0.271 e. The number of nitro benzene ring substituents is 2. The predicted octanol–water partition coefficient (Wildman–Crippen LogP) is 4.41. The molecule has 1 aromatic heterocycles. The fourth-order valence-electron chi connectivity index (χ4n) is 5.61. The maximum absolute atomic E-state index is 13.8.